The molecule has 0 spiro atoms. The van der Waals surface area contributed by atoms with Gasteiger partial charge in [-0.25, -0.2) is 4.98 Å². The Labute approximate surface area is 89.1 Å². The molecule has 1 aromatic heterocycles. The molecule has 0 amide bonds. The van der Waals surface area contributed by atoms with Crippen molar-refractivity contribution in [1.82, 2.24) is 10.3 Å². The molecule has 0 bridgehead atoms. The van der Waals surface area contributed by atoms with E-state index in [1.165, 1.54) is 12.0 Å². The monoisotopic (exact) mass is 202 g/mol. The van der Waals surface area contributed by atoms with Crippen molar-refractivity contribution in [2.75, 3.05) is 7.05 Å². The molecule has 78 valence electrons. The van der Waals surface area contributed by atoms with Crippen LogP contribution < -0.4 is 5.32 Å². The number of nitrogens with zero attached hydrogens (tertiary/aromatic N) is 1. The number of hydrogen-bond acceptors (Lipinski definition) is 3. The zero-order valence-electron chi connectivity index (χ0n) is 8.90. The molecule has 2 aromatic rings. The van der Waals surface area contributed by atoms with E-state index in [2.05, 4.69) is 29.4 Å². The summed E-state index contributed by atoms with van der Waals surface area (Å²) >= 11 is 0. The van der Waals surface area contributed by atoms with Crippen molar-refractivity contribution in [3.8, 4) is 11.3 Å². The summed E-state index contributed by atoms with van der Waals surface area (Å²) in [5.74, 6) is 0.804. The molecule has 0 saturated carbocycles. The van der Waals surface area contributed by atoms with Crippen LogP contribution in [-0.2, 0) is 0 Å². The molecule has 0 aliphatic carbocycles. The summed E-state index contributed by atoms with van der Waals surface area (Å²) in [5.41, 5.74) is 2.32. The van der Waals surface area contributed by atoms with Crippen molar-refractivity contribution >= 4 is 0 Å². The van der Waals surface area contributed by atoms with E-state index >= 15 is 0 Å². The van der Waals surface area contributed by atoms with E-state index in [-0.39, 0.29) is 0 Å². The van der Waals surface area contributed by atoms with Crippen molar-refractivity contribution in [3.63, 3.8) is 0 Å². The molecule has 1 aromatic carbocycles. The summed E-state index contributed by atoms with van der Waals surface area (Å²) in [6, 6.07) is 8.65. The summed E-state index contributed by atoms with van der Waals surface area (Å²) in [5, 5.41) is 3.20. The Kier molecular flexibility index (Phi) is 2.83. The zero-order valence-corrected chi connectivity index (χ0v) is 8.90. The Bertz CT molecular complexity index is 406. The Morgan fingerprint density at radius 1 is 1.27 bits per heavy atom. The SMILES string of the molecule is CNC(C)c1ccc(-c2cnco2)cc1. The van der Waals surface area contributed by atoms with Crippen LogP contribution >= 0.6 is 0 Å². The second kappa shape index (κ2) is 4.28. The lowest BCUT2D eigenvalue weighted by Gasteiger charge is -2.10. The third-order valence-electron chi connectivity index (χ3n) is 2.56. The Morgan fingerprint density at radius 2 is 2.00 bits per heavy atom. The van der Waals surface area contributed by atoms with E-state index in [9.17, 15) is 0 Å². The van der Waals surface area contributed by atoms with Gasteiger partial charge in [0.2, 0.25) is 0 Å². The van der Waals surface area contributed by atoms with Gasteiger partial charge in [-0.2, -0.15) is 0 Å². The molecule has 0 saturated heterocycles. The van der Waals surface area contributed by atoms with Crippen molar-refractivity contribution in [2.45, 2.75) is 13.0 Å². The molecule has 0 aliphatic heterocycles. The summed E-state index contributed by atoms with van der Waals surface area (Å²) in [6.45, 7) is 2.13. The standard InChI is InChI=1S/C12H14N2O/c1-9(13-2)10-3-5-11(6-4-10)12-7-14-8-15-12/h3-9,13H,1-2H3. The fourth-order valence-corrected chi connectivity index (χ4v) is 1.46. The van der Waals surface area contributed by atoms with Crippen LogP contribution in [0.3, 0.4) is 0 Å². The van der Waals surface area contributed by atoms with E-state index < -0.39 is 0 Å². The molecule has 3 nitrogen and oxygen atoms in total. The van der Waals surface area contributed by atoms with E-state index in [0.29, 0.717) is 6.04 Å². The van der Waals surface area contributed by atoms with Crippen LogP contribution in [0.5, 0.6) is 0 Å². The van der Waals surface area contributed by atoms with E-state index in [4.69, 9.17) is 4.42 Å². The molecule has 15 heavy (non-hydrogen) atoms. The van der Waals surface area contributed by atoms with E-state index in [1.54, 1.807) is 6.20 Å². The lowest BCUT2D eigenvalue weighted by molar-refractivity contribution is 0.572. The predicted molar refractivity (Wildman–Crippen MR) is 59.4 cm³/mol. The molecule has 1 N–H and O–H groups in total. The molecule has 0 fully saturated rings. The van der Waals surface area contributed by atoms with Crippen molar-refractivity contribution in [3.05, 3.63) is 42.4 Å². The highest BCUT2D eigenvalue weighted by Gasteiger charge is 2.04. The summed E-state index contributed by atoms with van der Waals surface area (Å²) < 4.78 is 5.22. The Balaban J connectivity index is 2.25. The normalized spacial score (nSPS) is 12.7. The van der Waals surface area contributed by atoms with Crippen LogP contribution in [0.15, 0.2) is 41.3 Å². The number of benzene rings is 1. The van der Waals surface area contributed by atoms with E-state index in [0.717, 1.165) is 11.3 Å². The predicted octanol–water partition coefficient (Wildman–Crippen LogP) is 2.62. The van der Waals surface area contributed by atoms with Crippen LogP contribution in [0.25, 0.3) is 11.3 Å². The van der Waals surface area contributed by atoms with Crippen molar-refractivity contribution in [1.29, 1.82) is 0 Å². The molecular weight excluding hydrogens is 188 g/mol. The van der Waals surface area contributed by atoms with Gasteiger partial charge < -0.3 is 9.73 Å². The van der Waals surface area contributed by atoms with Crippen LogP contribution in [-0.4, -0.2) is 12.0 Å². The van der Waals surface area contributed by atoms with Crippen LogP contribution in [0.1, 0.15) is 18.5 Å². The maximum absolute atomic E-state index is 5.22. The first-order valence-corrected chi connectivity index (χ1v) is 4.97. The van der Waals surface area contributed by atoms with Crippen LogP contribution in [0.2, 0.25) is 0 Å². The second-order valence-corrected chi connectivity index (χ2v) is 3.50. The van der Waals surface area contributed by atoms with Gasteiger partial charge in [0.15, 0.2) is 12.2 Å². The van der Waals surface area contributed by atoms with Gasteiger partial charge in [-0.05, 0) is 19.5 Å². The lowest BCUT2D eigenvalue weighted by Crippen LogP contribution is -2.11. The molecule has 2 rings (SSSR count). The van der Waals surface area contributed by atoms with Crippen LogP contribution in [0.4, 0.5) is 0 Å². The van der Waals surface area contributed by atoms with Gasteiger partial charge in [0, 0.05) is 11.6 Å². The maximum Gasteiger partial charge on any atom is 0.181 e. The van der Waals surface area contributed by atoms with E-state index in [1.807, 2.05) is 19.2 Å². The van der Waals surface area contributed by atoms with Crippen molar-refractivity contribution in [2.24, 2.45) is 0 Å². The fourth-order valence-electron chi connectivity index (χ4n) is 1.46. The third kappa shape index (κ3) is 2.07. The average molecular weight is 202 g/mol. The number of aromatic nitrogens is 1. The van der Waals surface area contributed by atoms with Crippen LogP contribution in [0, 0.1) is 0 Å². The molecule has 1 unspecified atom stereocenters. The Hall–Kier alpha value is -1.61. The number of nitrogens with one attached hydrogen (secondary N) is 1. The molecule has 1 atom stereocenters. The minimum Gasteiger partial charge on any atom is -0.444 e. The molecule has 0 aliphatic rings. The summed E-state index contributed by atoms with van der Waals surface area (Å²) in [6.07, 6.45) is 3.16. The highest BCUT2D eigenvalue weighted by Crippen LogP contribution is 2.21. The minimum absolute atomic E-state index is 0.369. The van der Waals surface area contributed by atoms with Gasteiger partial charge in [0.05, 0.1) is 6.20 Å². The number of oxazole rings is 1. The first kappa shape index (κ1) is 9.93. The maximum atomic E-state index is 5.22. The molecule has 1 heterocycles. The number of rotatable bonds is 3. The first-order chi connectivity index (χ1) is 7.31. The van der Waals surface area contributed by atoms with Crippen molar-refractivity contribution < 1.29 is 4.42 Å². The fraction of sp³-hybridized carbons (Fsp3) is 0.250. The van der Waals surface area contributed by atoms with Gasteiger partial charge in [0.25, 0.3) is 0 Å². The zero-order chi connectivity index (χ0) is 10.7. The molecule has 3 heteroatoms. The topological polar surface area (TPSA) is 38.1 Å². The highest BCUT2D eigenvalue weighted by atomic mass is 16.3. The summed E-state index contributed by atoms with van der Waals surface area (Å²) in [4.78, 5) is 3.89. The summed E-state index contributed by atoms with van der Waals surface area (Å²) in [7, 11) is 1.95. The van der Waals surface area contributed by atoms with Gasteiger partial charge in [-0.1, -0.05) is 24.3 Å². The highest BCUT2D eigenvalue weighted by molar-refractivity contribution is 5.56. The molecular formula is C12H14N2O. The van der Waals surface area contributed by atoms with Gasteiger partial charge in [-0.15, -0.1) is 0 Å². The lowest BCUT2D eigenvalue weighted by atomic mass is 10.1. The quantitative estimate of drug-likeness (QED) is 0.831. The first-order valence-electron chi connectivity index (χ1n) is 4.97. The second-order valence-electron chi connectivity index (χ2n) is 3.50. The smallest absolute Gasteiger partial charge is 0.181 e. The minimum atomic E-state index is 0.369. The van der Waals surface area contributed by atoms with Gasteiger partial charge in [-0.3, -0.25) is 0 Å². The van der Waals surface area contributed by atoms with Gasteiger partial charge in [0.1, 0.15) is 0 Å². The number of hydrogen-bond donors (Lipinski definition) is 1. The third-order valence-corrected chi connectivity index (χ3v) is 2.56. The Morgan fingerprint density at radius 3 is 2.53 bits per heavy atom. The largest absolute Gasteiger partial charge is 0.444 e. The molecule has 0 radical (unpaired) electrons. The van der Waals surface area contributed by atoms with Gasteiger partial charge >= 0.3 is 0 Å². The average Bonchev–Trinajstić information content (AvgIpc) is 2.82.